The summed E-state index contributed by atoms with van der Waals surface area (Å²) in [6.07, 6.45) is 8.86. The molecule has 0 aromatic rings. The van der Waals surface area contributed by atoms with Crippen molar-refractivity contribution in [3.05, 3.63) is 36.1 Å². The maximum absolute atomic E-state index is 10.9. The molecule has 4 heteroatoms. The van der Waals surface area contributed by atoms with Crippen molar-refractivity contribution in [3.8, 4) is 0 Å². The number of halogens is 1. The molecule has 1 aliphatic carbocycles. The van der Waals surface area contributed by atoms with Gasteiger partial charge in [0.25, 0.3) is 0 Å². The van der Waals surface area contributed by atoms with E-state index in [4.69, 9.17) is 10.5 Å². The second-order valence-corrected chi connectivity index (χ2v) is 2.83. The van der Waals surface area contributed by atoms with Crippen molar-refractivity contribution < 1.29 is 9.53 Å². The lowest BCUT2D eigenvalue weighted by Gasteiger charge is -2.19. The van der Waals surface area contributed by atoms with Gasteiger partial charge in [-0.15, -0.1) is 12.4 Å². The molecule has 0 saturated carbocycles. The van der Waals surface area contributed by atoms with Gasteiger partial charge in [-0.3, -0.25) is 4.79 Å². The Kier molecular flexibility index (Phi) is 2.78. The Morgan fingerprint density at radius 1 is 1.46 bits per heavy atom. The molecule has 13 heavy (non-hydrogen) atoms. The predicted molar refractivity (Wildman–Crippen MR) is 51.2 cm³/mol. The Labute approximate surface area is 82.3 Å². The minimum absolute atomic E-state index is 0. The number of primary amides is 1. The molecule has 0 bridgehead atoms. The molecule has 1 amide bonds. The van der Waals surface area contributed by atoms with Crippen LogP contribution in [0.15, 0.2) is 36.1 Å². The van der Waals surface area contributed by atoms with Gasteiger partial charge in [0.15, 0.2) is 0 Å². The first-order chi connectivity index (χ1) is 5.79. The van der Waals surface area contributed by atoms with Crippen LogP contribution in [0, 0.1) is 5.92 Å². The third-order valence-electron chi connectivity index (χ3n) is 2.08. The van der Waals surface area contributed by atoms with Gasteiger partial charge < -0.3 is 10.5 Å². The van der Waals surface area contributed by atoms with Crippen LogP contribution in [0.1, 0.15) is 0 Å². The lowest BCUT2D eigenvalue weighted by Crippen LogP contribution is -2.29. The van der Waals surface area contributed by atoms with E-state index in [0.29, 0.717) is 5.57 Å². The number of nitrogens with two attached hydrogens (primary N) is 1. The highest BCUT2D eigenvalue weighted by atomic mass is 35.5. The van der Waals surface area contributed by atoms with Crippen molar-refractivity contribution >= 4 is 18.3 Å². The molecule has 2 atom stereocenters. The molecule has 0 radical (unpaired) electrons. The van der Waals surface area contributed by atoms with Crippen LogP contribution in [0.5, 0.6) is 0 Å². The highest BCUT2D eigenvalue weighted by molar-refractivity contribution is 5.93. The van der Waals surface area contributed by atoms with Crippen LogP contribution >= 0.6 is 12.4 Å². The molecule has 1 heterocycles. The van der Waals surface area contributed by atoms with E-state index in [-0.39, 0.29) is 24.4 Å². The largest absolute Gasteiger partial charge is 0.492 e. The van der Waals surface area contributed by atoms with Crippen molar-refractivity contribution in [2.24, 2.45) is 11.7 Å². The van der Waals surface area contributed by atoms with Crippen LogP contribution in [0.3, 0.4) is 0 Å². The summed E-state index contributed by atoms with van der Waals surface area (Å²) in [6.45, 7) is 0. The van der Waals surface area contributed by atoms with E-state index in [2.05, 4.69) is 0 Å². The van der Waals surface area contributed by atoms with Crippen molar-refractivity contribution in [2.45, 2.75) is 6.10 Å². The molecule has 2 aliphatic rings. The minimum atomic E-state index is -0.405. The van der Waals surface area contributed by atoms with Crippen molar-refractivity contribution in [2.75, 3.05) is 0 Å². The van der Waals surface area contributed by atoms with E-state index < -0.39 is 5.91 Å². The summed E-state index contributed by atoms with van der Waals surface area (Å²) in [5.74, 6) is -0.226. The number of hydrogen-bond acceptors (Lipinski definition) is 2. The van der Waals surface area contributed by atoms with Crippen molar-refractivity contribution in [1.82, 2.24) is 0 Å². The topological polar surface area (TPSA) is 52.3 Å². The molecular formula is C9H10ClNO2. The monoisotopic (exact) mass is 199 g/mol. The molecule has 1 aliphatic heterocycles. The van der Waals surface area contributed by atoms with Crippen molar-refractivity contribution in [3.63, 3.8) is 0 Å². The van der Waals surface area contributed by atoms with Crippen LogP contribution in [0.2, 0.25) is 0 Å². The number of hydrogen-bond donors (Lipinski definition) is 1. The molecule has 70 valence electrons. The van der Waals surface area contributed by atoms with Crippen LogP contribution in [0.25, 0.3) is 0 Å². The number of ether oxygens (including phenoxy) is 1. The number of amides is 1. The van der Waals surface area contributed by atoms with Gasteiger partial charge in [0, 0.05) is 5.92 Å². The maximum Gasteiger partial charge on any atom is 0.248 e. The van der Waals surface area contributed by atoms with Gasteiger partial charge in [0.2, 0.25) is 5.91 Å². The molecule has 2 N–H and O–H groups in total. The summed E-state index contributed by atoms with van der Waals surface area (Å²) in [6, 6.07) is 0. The van der Waals surface area contributed by atoms with Gasteiger partial charge in [0.05, 0.1) is 11.8 Å². The molecule has 2 unspecified atom stereocenters. The summed E-state index contributed by atoms with van der Waals surface area (Å²) in [5.41, 5.74) is 5.72. The normalized spacial score (nSPS) is 28.5. The zero-order chi connectivity index (χ0) is 8.55. The van der Waals surface area contributed by atoms with E-state index >= 15 is 0 Å². The third kappa shape index (κ3) is 1.60. The second kappa shape index (κ2) is 3.66. The molecule has 0 aromatic carbocycles. The molecule has 3 nitrogen and oxygen atoms in total. The summed E-state index contributed by atoms with van der Waals surface area (Å²) in [5, 5.41) is 0. The van der Waals surface area contributed by atoms with Crippen LogP contribution in [0.4, 0.5) is 0 Å². The number of carbonyl (C=O) groups excluding carboxylic acids is 1. The number of carbonyl (C=O) groups is 1. The highest BCUT2D eigenvalue weighted by Crippen LogP contribution is 2.28. The van der Waals surface area contributed by atoms with E-state index in [9.17, 15) is 4.79 Å². The zero-order valence-corrected chi connectivity index (χ0v) is 7.66. The highest BCUT2D eigenvalue weighted by Gasteiger charge is 2.30. The van der Waals surface area contributed by atoms with Gasteiger partial charge in [-0.2, -0.15) is 0 Å². The first-order valence-electron chi connectivity index (χ1n) is 3.79. The fourth-order valence-corrected chi connectivity index (χ4v) is 1.46. The van der Waals surface area contributed by atoms with Crippen LogP contribution < -0.4 is 5.73 Å². The third-order valence-corrected chi connectivity index (χ3v) is 2.08. The summed E-state index contributed by atoms with van der Waals surface area (Å²) < 4.78 is 5.23. The first-order valence-corrected chi connectivity index (χ1v) is 3.79. The number of fused-ring (bicyclic) bond motifs is 1. The molecule has 0 spiro atoms. The second-order valence-electron chi connectivity index (χ2n) is 2.83. The Bertz CT molecular complexity index is 307. The van der Waals surface area contributed by atoms with E-state index in [0.717, 1.165) is 0 Å². The SMILES string of the molecule is Cl.NC(=O)C1=CC=CC2C=COC12. The molecule has 2 rings (SSSR count). The molecule has 0 saturated heterocycles. The molecular weight excluding hydrogens is 190 g/mol. The zero-order valence-electron chi connectivity index (χ0n) is 6.84. The Balaban J connectivity index is 0.000000845. The predicted octanol–water partition coefficient (Wildman–Crippen LogP) is 0.918. The van der Waals surface area contributed by atoms with E-state index in [1.165, 1.54) is 0 Å². The molecule has 0 aromatic heterocycles. The summed E-state index contributed by atoms with van der Waals surface area (Å²) in [7, 11) is 0. The summed E-state index contributed by atoms with van der Waals surface area (Å²) >= 11 is 0. The maximum atomic E-state index is 10.9. The Hall–Kier alpha value is -1.22. The number of allylic oxidation sites excluding steroid dienone is 2. The van der Waals surface area contributed by atoms with E-state index in [1.54, 1.807) is 12.3 Å². The lowest BCUT2D eigenvalue weighted by atomic mass is 9.92. The number of rotatable bonds is 1. The Morgan fingerprint density at radius 3 is 2.92 bits per heavy atom. The fourth-order valence-electron chi connectivity index (χ4n) is 1.46. The van der Waals surface area contributed by atoms with Gasteiger partial charge in [-0.25, -0.2) is 0 Å². The Morgan fingerprint density at radius 2 is 2.23 bits per heavy atom. The van der Waals surface area contributed by atoms with Crippen LogP contribution in [-0.4, -0.2) is 12.0 Å². The van der Waals surface area contributed by atoms with E-state index in [1.807, 2.05) is 18.2 Å². The van der Waals surface area contributed by atoms with Gasteiger partial charge >= 0.3 is 0 Å². The fraction of sp³-hybridized carbons (Fsp3) is 0.222. The standard InChI is InChI=1S/C9H9NO2.ClH/c10-9(11)7-3-1-2-6-4-5-12-8(6)7;/h1-6,8H,(H2,10,11);1H. The quantitative estimate of drug-likeness (QED) is 0.683. The van der Waals surface area contributed by atoms with Crippen molar-refractivity contribution in [1.29, 1.82) is 0 Å². The first kappa shape index (κ1) is 9.86. The smallest absolute Gasteiger partial charge is 0.248 e. The lowest BCUT2D eigenvalue weighted by molar-refractivity contribution is -0.115. The van der Waals surface area contributed by atoms with Gasteiger partial charge in [-0.1, -0.05) is 18.2 Å². The minimum Gasteiger partial charge on any atom is -0.492 e. The summed E-state index contributed by atoms with van der Waals surface area (Å²) in [4.78, 5) is 10.9. The van der Waals surface area contributed by atoms with Gasteiger partial charge in [0.1, 0.15) is 6.10 Å². The van der Waals surface area contributed by atoms with Crippen LogP contribution in [-0.2, 0) is 9.53 Å². The average molecular weight is 200 g/mol. The van der Waals surface area contributed by atoms with Gasteiger partial charge in [-0.05, 0) is 6.08 Å². The molecule has 0 fully saturated rings. The average Bonchev–Trinajstić information content (AvgIpc) is 2.49.